The molecule has 0 radical (unpaired) electrons. The van der Waals surface area contributed by atoms with Crippen LogP contribution in [0.15, 0.2) is 18.2 Å². The van der Waals surface area contributed by atoms with Crippen LogP contribution >= 0.6 is 11.6 Å². The van der Waals surface area contributed by atoms with Crippen LogP contribution in [0, 0.1) is 0 Å². The highest BCUT2D eigenvalue weighted by molar-refractivity contribution is 6.32. The summed E-state index contributed by atoms with van der Waals surface area (Å²) >= 11 is 6.27. The molecule has 0 saturated carbocycles. The van der Waals surface area contributed by atoms with Gasteiger partial charge in [-0.3, -0.25) is 0 Å². The van der Waals surface area contributed by atoms with Gasteiger partial charge in [0.15, 0.2) is 0 Å². The minimum atomic E-state index is 0.187. The molecule has 20 heavy (non-hydrogen) atoms. The quantitative estimate of drug-likeness (QED) is 0.867. The van der Waals surface area contributed by atoms with Crippen LogP contribution in [0.3, 0.4) is 0 Å². The summed E-state index contributed by atoms with van der Waals surface area (Å²) in [5.74, 6) is 0.783. The molecular weight excluding hydrogens is 274 g/mol. The molecular formula is C16H24ClNO2. The second-order valence-electron chi connectivity index (χ2n) is 5.72. The van der Waals surface area contributed by atoms with Gasteiger partial charge in [-0.1, -0.05) is 37.6 Å². The maximum absolute atomic E-state index is 6.27. The van der Waals surface area contributed by atoms with Crippen molar-refractivity contribution >= 4 is 11.6 Å². The summed E-state index contributed by atoms with van der Waals surface area (Å²) in [5, 5.41) is 4.06. The van der Waals surface area contributed by atoms with E-state index in [1.54, 1.807) is 0 Å². The van der Waals surface area contributed by atoms with Gasteiger partial charge in [-0.15, -0.1) is 0 Å². The molecule has 4 heteroatoms. The fourth-order valence-corrected chi connectivity index (χ4v) is 2.60. The van der Waals surface area contributed by atoms with Crippen molar-refractivity contribution in [2.75, 3.05) is 6.61 Å². The number of hydrogen-bond acceptors (Lipinski definition) is 3. The van der Waals surface area contributed by atoms with E-state index in [0.717, 1.165) is 30.7 Å². The van der Waals surface area contributed by atoms with Crippen LogP contribution in [-0.2, 0) is 11.3 Å². The number of rotatable bonds is 6. The first-order chi connectivity index (χ1) is 9.56. The molecule has 2 atom stereocenters. The van der Waals surface area contributed by atoms with Crippen LogP contribution in [0.25, 0.3) is 0 Å². The summed E-state index contributed by atoms with van der Waals surface area (Å²) in [4.78, 5) is 0. The first kappa shape index (κ1) is 15.6. The Hall–Kier alpha value is -0.770. The van der Waals surface area contributed by atoms with Gasteiger partial charge in [0.1, 0.15) is 12.4 Å². The Morgan fingerprint density at radius 2 is 2.20 bits per heavy atom. The number of nitrogens with one attached hydrogen (secondary N) is 1. The normalized spacial score (nSPS) is 22.4. The van der Waals surface area contributed by atoms with Gasteiger partial charge in [0.25, 0.3) is 0 Å². The molecule has 1 heterocycles. The molecule has 2 rings (SSSR count). The standard InChI is InChI=1S/C16H24ClNO2/c1-11(2)18-9-13-5-4-6-15(17)16(13)19-10-14-8-7-12(3)20-14/h4-6,11-12,14,18H,7-10H2,1-3H3. The summed E-state index contributed by atoms with van der Waals surface area (Å²) in [6.07, 6.45) is 2.70. The second-order valence-corrected chi connectivity index (χ2v) is 6.13. The lowest BCUT2D eigenvalue weighted by molar-refractivity contribution is 0.0262. The molecule has 0 aromatic heterocycles. The van der Waals surface area contributed by atoms with Gasteiger partial charge in [0.05, 0.1) is 17.2 Å². The molecule has 0 bridgehead atoms. The van der Waals surface area contributed by atoms with Crippen molar-refractivity contribution < 1.29 is 9.47 Å². The molecule has 1 saturated heterocycles. The van der Waals surface area contributed by atoms with Crippen molar-refractivity contribution in [1.29, 1.82) is 0 Å². The summed E-state index contributed by atoms with van der Waals surface area (Å²) in [7, 11) is 0. The maximum Gasteiger partial charge on any atom is 0.142 e. The van der Waals surface area contributed by atoms with E-state index in [9.17, 15) is 0 Å². The van der Waals surface area contributed by atoms with Crippen LogP contribution in [0.5, 0.6) is 5.75 Å². The lowest BCUT2D eigenvalue weighted by Crippen LogP contribution is -2.23. The number of benzene rings is 1. The van der Waals surface area contributed by atoms with E-state index in [-0.39, 0.29) is 6.10 Å². The van der Waals surface area contributed by atoms with Crippen molar-refractivity contribution in [3.05, 3.63) is 28.8 Å². The Morgan fingerprint density at radius 3 is 2.85 bits per heavy atom. The first-order valence-electron chi connectivity index (χ1n) is 7.35. The molecule has 2 unspecified atom stereocenters. The van der Waals surface area contributed by atoms with E-state index in [4.69, 9.17) is 21.1 Å². The van der Waals surface area contributed by atoms with E-state index in [1.807, 2.05) is 12.1 Å². The molecule has 112 valence electrons. The van der Waals surface area contributed by atoms with E-state index in [2.05, 4.69) is 32.2 Å². The van der Waals surface area contributed by atoms with Gasteiger partial charge in [0, 0.05) is 18.2 Å². The fraction of sp³-hybridized carbons (Fsp3) is 0.625. The predicted molar refractivity (Wildman–Crippen MR) is 82.5 cm³/mol. The van der Waals surface area contributed by atoms with Crippen LogP contribution < -0.4 is 10.1 Å². The lowest BCUT2D eigenvalue weighted by atomic mass is 10.2. The Morgan fingerprint density at radius 1 is 1.40 bits per heavy atom. The summed E-state index contributed by atoms with van der Waals surface area (Å²) in [6.45, 7) is 7.68. The number of para-hydroxylation sites is 1. The maximum atomic E-state index is 6.27. The van der Waals surface area contributed by atoms with Gasteiger partial charge in [-0.2, -0.15) is 0 Å². The van der Waals surface area contributed by atoms with Gasteiger partial charge in [-0.05, 0) is 25.8 Å². The highest BCUT2D eigenvalue weighted by Crippen LogP contribution is 2.30. The van der Waals surface area contributed by atoms with Crippen molar-refractivity contribution in [1.82, 2.24) is 5.32 Å². The number of hydrogen-bond donors (Lipinski definition) is 1. The molecule has 0 aliphatic carbocycles. The minimum Gasteiger partial charge on any atom is -0.489 e. The summed E-state index contributed by atoms with van der Waals surface area (Å²) in [5.41, 5.74) is 1.09. The van der Waals surface area contributed by atoms with Crippen LogP contribution in [-0.4, -0.2) is 24.9 Å². The predicted octanol–water partition coefficient (Wildman–Crippen LogP) is 3.78. The largest absolute Gasteiger partial charge is 0.489 e. The Labute approximate surface area is 126 Å². The van der Waals surface area contributed by atoms with Crippen molar-refractivity contribution in [2.45, 2.75) is 58.4 Å². The average molecular weight is 298 g/mol. The van der Waals surface area contributed by atoms with Crippen molar-refractivity contribution in [2.24, 2.45) is 0 Å². The van der Waals surface area contributed by atoms with Crippen molar-refractivity contribution in [3.63, 3.8) is 0 Å². The molecule has 1 aliphatic heterocycles. The van der Waals surface area contributed by atoms with Crippen molar-refractivity contribution in [3.8, 4) is 5.75 Å². The highest BCUT2D eigenvalue weighted by Gasteiger charge is 2.23. The topological polar surface area (TPSA) is 30.5 Å². The SMILES string of the molecule is CC(C)NCc1cccc(Cl)c1OCC1CCC(C)O1. The van der Waals surface area contributed by atoms with E-state index >= 15 is 0 Å². The van der Waals surface area contributed by atoms with Crippen LogP contribution in [0.4, 0.5) is 0 Å². The number of ether oxygens (including phenoxy) is 2. The van der Waals surface area contributed by atoms with E-state index in [0.29, 0.717) is 23.8 Å². The van der Waals surface area contributed by atoms with Gasteiger partial charge >= 0.3 is 0 Å². The molecule has 1 fully saturated rings. The molecule has 3 nitrogen and oxygen atoms in total. The zero-order chi connectivity index (χ0) is 14.5. The lowest BCUT2D eigenvalue weighted by Gasteiger charge is -2.17. The van der Waals surface area contributed by atoms with Crippen LogP contribution in [0.1, 0.15) is 39.2 Å². The average Bonchev–Trinajstić information content (AvgIpc) is 2.81. The second kappa shape index (κ2) is 7.30. The fourth-order valence-electron chi connectivity index (χ4n) is 2.35. The highest BCUT2D eigenvalue weighted by atomic mass is 35.5. The molecule has 1 aromatic rings. The summed E-state index contributed by atoms with van der Waals surface area (Å²) in [6, 6.07) is 6.31. The smallest absolute Gasteiger partial charge is 0.142 e. The van der Waals surface area contributed by atoms with Gasteiger partial charge in [-0.25, -0.2) is 0 Å². The minimum absolute atomic E-state index is 0.187. The summed E-state index contributed by atoms with van der Waals surface area (Å²) < 4.78 is 11.7. The molecule has 1 aliphatic rings. The Kier molecular flexibility index (Phi) is 5.70. The zero-order valence-electron chi connectivity index (χ0n) is 12.5. The molecule has 1 N–H and O–H groups in total. The van der Waals surface area contributed by atoms with E-state index in [1.165, 1.54) is 0 Å². The molecule has 0 spiro atoms. The Balaban J connectivity index is 1.98. The van der Waals surface area contributed by atoms with Gasteiger partial charge in [0.2, 0.25) is 0 Å². The molecule has 0 amide bonds. The third kappa shape index (κ3) is 4.37. The van der Waals surface area contributed by atoms with E-state index < -0.39 is 0 Å². The van der Waals surface area contributed by atoms with Gasteiger partial charge < -0.3 is 14.8 Å². The Bertz CT molecular complexity index is 436. The monoisotopic (exact) mass is 297 g/mol. The number of halogens is 1. The molecule has 1 aromatic carbocycles. The third-order valence-corrected chi connectivity index (χ3v) is 3.78. The third-order valence-electron chi connectivity index (χ3n) is 3.48. The zero-order valence-corrected chi connectivity index (χ0v) is 13.2. The first-order valence-corrected chi connectivity index (χ1v) is 7.73. The van der Waals surface area contributed by atoms with Crippen LogP contribution in [0.2, 0.25) is 5.02 Å².